The summed E-state index contributed by atoms with van der Waals surface area (Å²) >= 11 is 6.02. The highest BCUT2D eigenvalue weighted by molar-refractivity contribution is 7.92. The van der Waals surface area contributed by atoms with Crippen LogP contribution in [-0.4, -0.2) is 33.7 Å². The van der Waals surface area contributed by atoms with Crippen molar-refractivity contribution in [3.05, 3.63) is 23.2 Å². The lowest BCUT2D eigenvalue weighted by Crippen LogP contribution is -2.35. The van der Waals surface area contributed by atoms with Crippen molar-refractivity contribution < 1.29 is 13.2 Å². The number of anilines is 2. The molecule has 1 atom stereocenters. The van der Waals surface area contributed by atoms with Gasteiger partial charge in [-0.25, -0.2) is 8.42 Å². The fourth-order valence-corrected chi connectivity index (χ4v) is 3.03. The number of rotatable bonds is 4. The number of hydrogen-bond acceptors (Lipinski definition) is 4. The Kier molecular flexibility index (Phi) is 4.46. The molecule has 1 unspecified atom stereocenters. The fourth-order valence-electron chi connectivity index (χ4n) is 2.17. The van der Waals surface area contributed by atoms with Gasteiger partial charge in [0.05, 0.1) is 22.4 Å². The van der Waals surface area contributed by atoms with Gasteiger partial charge in [0.15, 0.2) is 0 Å². The van der Waals surface area contributed by atoms with Gasteiger partial charge in [-0.05, 0) is 38.1 Å². The number of nitrogens with one attached hydrogen (secondary N) is 3. The van der Waals surface area contributed by atoms with E-state index in [0.29, 0.717) is 12.2 Å². The van der Waals surface area contributed by atoms with Crippen LogP contribution in [0.15, 0.2) is 18.2 Å². The molecule has 0 saturated carbocycles. The molecule has 1 amide bonds. The topological polar surface area (TPSA) is 87.3 Å². The molecule has 0 radical (unpaired) electrons. The lowest BCUT2D eigenvalue weighted by molar-refractivity contribution is -0.123. The van der Waals surface area contributed by atoms with Crippen LogP contribution in [0.4, 0.5) is 11.4 Å². The summed E-state index contributed by atoms with van der Waals surface area (Å²) in [6.45, 7) is 3.37. The summed E-state index contributed by atoms with van der Waals surface area (Å²) in [5.41, 5.74) is 0.388. The van der Waals surface area contributed by atoms with Crippen LogP contribution < -0.4 is 15.4 Å². The van der Waals surface area contributed by atoms with E-state index in [4.69, 9.17) is 11.6 Å². The summed E-state index contributed by atoms with van der Waals surface area (Å²) in [4.78, 5) is 12.3. The van der Waals surface area contributed by atoms with Crippen molar-refractivity contribution >= 4 is 38.9 Å². The Labute approximate surface area is 129 Å². The molecule has 21 heavy (non-hydrogen) atoms. The summed E-state index contributed by atoms with van der Waals surface area (Å²) in [6.07, 6.45) is 1.83. The normalized spacial score (nSPS) is 22.0. The smallest absolute Gasteiger partial charge is 0.231 e. The first-order valence-electron chi connectivity index (χ1n) is 6.49. The maximum absolute atomic E-state index is 12.3. The van der Waals surface area contributed by atoms with Crippen LogP contribution in [0.2, 0.25) is 5.02 Å². The van der Waals surface area contributed by atoms with E-state index < -0.39 is 15.4 Å². The van der Waals surface area contributed by atoms with Crippen molar-refractivity contribution in [2.24, 2.45) is 5.41 Å². The molecular weight excluding hydrogens is 314 g/mol. The second-order valence-electron chi connectivity index (χ2n) is 5.51. The van der Waals surface area contributed by atoms with Gasteiger partial charge in [-0.15, -0.1) is 0 Å². The van der Waals surface area contributed by atoms with Crippen LogP contribution in [0.1, 0.15) is 13.3 Å². The zero-order chi connectivity index (χ0) is 15.7. The van der Waals surface area contributed by atoms with E-state index in [1.165, 1.54) is 12.1 Å². The second-order valence-corrected chi connectivity index (χ2v) is 7.67. The van der Waals surface area contributed by atoms with Gasteiger partial charge < -0.3 is 10.6 Å². The minimum absolute atomic E-state index is 0.0765. The molecule has 1 aliphatic heterocycles. The molecule has 1 aliphatic rings. The number of carbonyl (C=O) groups excluding carboxylic acids is 1. The highest BCUT2D eigenvalue weighted by Gasteiger charge is 2.36. The van der Waals surface area contributed by atoms with E-state index in [2.05, 4.69) is 15.4 Å². The Bertz CT molecular complexity index is 655. The number of amides is 1. The zero-order valence-corrected chi connectivity index (χ0v) is 13.4. The quantitative estimate of drug-likeness (QED) is 0.783. The third-order valence-corrected chi connectivity index (χ3v) is 4.34. The van der Waals surface area contributed by atoms with Gasteiger partial charge in [0.1, 0.15) is 0 Å². The van der Waals surface area contributed by atoms with Crippen LogP contribution in [0, 0.1) is 5.41 Å². The largest absolute Gasteiger partial charge is 0.326 e. The maximum atomic E-state index is 12.3. The average Bonchev–Trinajstić information content (AvgIpc) is 2.80. The highest BCUT2D eigenvalue weighted by Crippen LogP contribution is 2.29. The van der Waals surface area contributed by atoms with Crippen LogP contribution in [0.3, 0.4) is 0 Å². The van der Waals surface area contributed by atoms with E-state index in [1.807, 2.05) is 6.92 Å². The van der Waals surface area contributed by atoms with Crippen molar-refractivity contribution in [2.45, 2.75) is 13.3 Å². The number of halogens is 1. The molecule has 1 fully saturated rings. The molecule has 1 heterocycles. The lowest BCUT2D eigenvalue weighted by atomic mass is 9.89. The standard InChI is InChI=1S/C13H18ClN3O3S/c1-13(5-6-15-8-13)12(18)16-9-3-4-11(10(14)7-9)17-21(2,19)20/h3-4,7,15,17H,5-6,8H2,1-2H3,(H,16,18). The van der Waals surface area contributed by atoms with Gasteiger partial charge in [0, 0.05) is 12.2 Å². The minimum atomic E-state index is -3.39. The number of sulfonamides is 1. The number of carbonyl (C=O) groups is 1. The molecule has 1 aromatic rings. The Morgan fingerprint density at radius 2 is 2.14 bits per heavy atom. The third kappa shape index (κ3) is 4.09. The first kappa shape index (κ1) is 16.1. The monoisotopic (exact) mass is 331 g/mol. The van der Waals surface area contributed by atoms with E-state index in [0.717, 1.165) is 19.2 Å². The van der Waals surface area contributed by atoms with E-state index >= 15 is 0 Å². The van der Waals surface area contributed by atoms with E-state index in [9.17, 15) is 13.2 Å². The molecule has 1 aromatic carbocycles. The molecule has 6 nitrogen and oxygen atoms in total. The van der Waals surface area contributed by atoms with Crippen molar-refractivity contribution in [2.75, 3.05) is 29.4 Å². The molecular formula is C13H18ClN3O3S. The first-order valence-corrected chi connectivity index (χ1v) is 8.76. The van der Waals surface area contributed by atoms with E-state index in [1.54, 1.807) is 6.07 Å². The highest BCUT2D eigenvalue weighted by atomic mass is 35.5. The van der Waals surface area contributed by atoms with Gasteiger partial charge in [0.25, 0.3) is 0 Å². The molecule has 3 N–H and O–H groups in total. The Morgan fingerprint density at radius 3 is 2.67 bits per heavy atom. The Morgan fingerprint density at radius 1 is 1.43 bits per heavy atom. The summed E-state index contributed by atoms with van der Waals surface area (Å²) < 4.78 is 24.7. The van der Waals surface area contributed by atoms with Gasteiger partial charge >= 0.3 is 0 Å². The Balaban J connectivity index is 2.12. The van der Waals surface area contributed by atoms with Crippen molar-refractivity contribution in [1.82, 2.24) is 5.32 Å². The summed E-state index contributed by atoms with van der Waals surface area (Å²) in [7, 11) is -3.39. The van der Waals surface area contributed by atoms with Crippen molar-refractivity contribution in [1.29, 1.82) is 0 Å². The van der Waals surface area contributed by atoms with E-state index in [-0.39, 0.29) is 16.6 Å². The van der Waals surface area contributed by atoms with Gasteiger partial charge in [-0.1, -0.05) is 11.6 Å². The predicted octanol–water partition coefficient (Wildman–Crippen LogP) is 1.65. The maximum Gasteiger partial charge on any atom is 0.231 e. The van der Waals surface area contributed by atoms with Crippen molar-refractivity contribution in [3.8, 4) is 0 Å². The Hall–Kier alpha value is -1.31. The average molecular weight is 332 g/mol. The van der Waals surface area contributed by atoms with Gasteiger partial charge in [-0.3, -0.25) is 9.52 Å². The molecule has 2 rings (SSSR count). The second kappa shape index (κ2) is 5.82. The van der Waals surface area contributed by atoms with Crippen LogP contribution >= 0.6 is 11.6 Å². The summed E-state index contributed by atoms with van der Waals surface area (Å²) in [6, 6.07) is 4.66. The summed E-state index contributed by atoms with van der Waals surface area (Å²) in [5.74, 6) is -0.0765. The van der Waals surface area contributed by atoms with Crippen LogP contribution in [-0.2, 0) is 14.8 Å². The zero-order valence-electron chi connectivity index (χ0n) is 11.9. The van der Waals surface area contributed by atoms with Crippen LogP contribution in [0.25, 0.3) is 0 Å². The number of benzene rings is 1. The molecule has 116 valence electrons. The molecule has 1 saturated heterocycles. The minimum Gasteiger partial charge on any atom is -0.326 e. The molecule has 0 aliphatic carbocycles. The fraction of sp³-hybridized carbons (Fsp3) is 0.462. The molecule has 0 spiro atoms. The van der Waals surface area contributed by atoms with Crippen molar-refractivity contribution in [3.63, 3.8) is 0 Å². The molecule has 8 heteroatoms. The SMILES string of the molecule is CC1(C(=O)Nc2ccc(NS(C)(=O)=O)c(Cl)c2)CCNC1. The molecule has 0 aromatic heterocycles. The predicted molar refractivity (Wildman–Crippen MR) is 84.1 cm³/mol. The lowest BCUT2D eigenvalue weighted by Gasteiger charge is -2.21. The van der Waals surface area contributed by atoms with Crippen LogP contribution in [0.5, 0.6) is 0 Å². The number of hydrogen-bond donors (Lipinski definition) is 3. The van der Waals surface area contributed by atoms with Gasteiger partial charge in [-0.2, -0.15) is 0 Å². The first-order chi connectivity index (χ1) is 9.70. The summed E-state index contributed by atoms with van der Waals surface area (Å²) in [5, 5.41) is 6.21. The molecule has 0 bridgehead atoms. The van der Waals surface area contributed by atoms with Gasteiger partial charge in [0.2, 0.25) is 15.9 Å². The third-order valence-electron chi connectivity index (χ3n) is 3.44.